The third-order valence-electron chi connectivity index (χ3n) is 7.44. The van der Waals surface area contributed by atoms with Crippen LogP contribution in [0, 0.1) is 32.6 Å². The van der Waals surface area contributed by atoms with E-state index in [9.17, 15) is 9.59 Å². The molecule has 2 atom stereocenters. The number of fused-ring (bicyclic) bond motifs is 3. The number of piperidine rings is 1. The number of likely N-dealkylation sites (tertiary alicyclic amines) is 1. The van der Waals surface area contributed by atoms with Gasteiger partial charge in [-0.3, -0.25) is 9.59 Å². The first-order valence-electron chi connectivity index (χ1n) is 12.5. The quantitative estimate of drug-likeness (QED) is 0.429. The highest BCUT2D eigenvalue weighted by Gasteiger charge is 2.26. The molecule has 0 aliphatic carbocycles. The lowest BCUT2D eigenvalue weighted by molar-refractivity contribution is -0.134. The molecule has 6 heteroatoms. The van der Waals surface area contributed by atoms with Crippen LogP contribution in [-0.4, -0.2) is 38.2 Å². The van der Waals surface area contributed by atoms with Crippen molar-refractivity contribution in [3.63, 3.8) is 0 Å². The van der Waals surface area contributed by atoms with Crippen molar-refractivity contribution in [1.29, 1.82) is 0 Å². The molecule has 2 unspecified atom stereocenters. The summed E-state index contributed by atoms with van der Waals surface area (Å²) in [7, 11) is 0. The highest BCUT2D eigenvalue weighted by Crippen LogP contribution is 2.29. The first-order chi connectivity index (χ1) is 16.7. The van der Waals surface area contributed by atoms with Crippen molar-refractivity contribution in [2.75, 3.05) is 13.1 Å². The fraction of sp³-hybridized carbons (Fsp3) is 0.414. The second kappa shape index (κ2) is 8.99. The van der Waals surface area contributed by atoms with Gasteiger partial charge in [-0.2, -0.15) is 5.10 Å². The molecule has 1 amide bonds. The van der Waals surface area contributed by atoms with Crippen molar-refractivity contribution in [2.45, 2.75) is 54.1 Å². The second-order valence-electron chi connectivity index (χ2n) is 10.6. The van der Waals surface area contributed by atoms with E-state index in [2.05, 4.69) is 62.5 Å². The Hall–Kier alpha value is -3.41. The Bertz CT molecular complexity index is 1460. The summed E-state index contributed by atoms with van der Waals surface area (Å²) >= 11 is 0. The van der Waals surface area contributed by atoms with Crippen LogP contribution < -0.4 is 5.56 Å². The molecule has 5 rings (SSSR count). The fourth-order valence-corrected chi connectivity index (χ4v) is 5.98. The van der Waals surface area contributed by atoms with Gasteiger partial charge in [-0.05, 0) is 61.8 Å². The number of aryl methyl sites for hydroxylation is 3. The van der Waals surface area contributed by atoms with Crippen molar-refractivity contribution < 1.29 is 4.79 Å². The van der Waals surface area contributed by atoms with E-state index in [1.807, 2.05) is 23.1 Å². The highest BCUT2D eigenvalue weighted by atomic mass is 16.2. The molecule has 6 nitrogen and oxygen atoms in total. The molecule has 0 radical (unpaired) electrons. The zero-order chi connectivity index (χ0) is 24.9. The van der Waals surface area contributed by atoms with Gasteiger partial charge < -0.3 is 9.47 Å². The summed E-state index contributed by atoms with van der Waals surface area (Å²) in [6.45, 7) is 12.8. The van der Waals surface area contributed by atoms with Gasteiger partial charge in [0.1, 0.15) is 12.1 Å². The minimum Gasteiger partial charge on any atom is -0.341 e. The van der Waals surface area contributed by atoms with Gasteiger partial charge in [0.2, 0.25) is 5.91 Å². The molecule has 3 heterocycles. The number of benzene rings is 2. The van der Waals surface area contributed by atoms with Gasteiger partial charge in [-0.15, -0.1) is 0 Å². The van der Waals surface area contributed by atoms with Crippen LogP contribution in [0.1, 0.15) is 42.5 Å². The molecule has 0 N–H and O–H groups in total. The molecule has 1 saturated heterocycles. The van der Waals surface area contributed by atoms with Crippen LogP contribution in [0.2, 0.25) is 0 Å². The van der Waals surface area contributed by atoms with Gasteiger partial charge in [-0.25, -0.2) is 4.68 Å². The van der Waals surface area contributed by atoms with E-state index in [4.69, 9.17) is 0 Å². The SMILES string of the molecule is Cc1cc(C)c(Cn2c3ccccc3c3cnn(CC(=O)N4CC(C)CC(C)C4)c(=O)c32)c(C)c1. The molecule has 182 valence electrons. The Morgan fingerprint density at radius 1 is 1.00 bits per heavy atom. The summed E-state index contributed by atoms with van der Waals surface area (Å²) < 4.78 is 3.45. The normalized spacial score (nSPS) is 18.5. The smallest absolute Gasteiger partial charge is 0.291 e. The number of nitrogens with zero attached hydrogens (tertiary/aromatic N) is 4. The average molecular weight is 471 g/mol. The van der Waals surface area contributed by atoms with E-state index in [1.54, 1.807) is 6.20 Å². The topological polar surface area (TPSA) is 60.1 Å². The maximum Gasteiger partial charge on any atom is 0.291 e. The molecule has 35 heavy (non-hydrogen) atoms. The molecule has 4 aromatic rings. The maximum absolute atomic E-state index is 13.8. The fourth-order valence-electron chi connectivity index (χ4n) is 5.98. The van der Waals surface area contributed by atoms with Gasteiger partial charge >= 0.3 is 0 Å². The predicted octanol–water partition coefficient (Wildman–Crippen LogP) is 4.83. The number of amides is 1. The van der Waals surface area contributed by atoms with Crippen molar-refractivity contribution in [3.05, 3.63) is 75.2 Å². The summed E-state index contributed by atoms with van der Waals surface area (Å²) in [5, 5.41) is 6.28. The monoisotopic (exact) mass is 470 g/mol. The van der Waals surface area contributed by atoms with Crippen LogP contribution in [-0.2, 0) is 17.9 Å². The highest BCUT2D eigenvalue weighted by molar-refractivity contribution is 6.07. The Balaban J connectivity index is 1.60. The van der Waals surface area contributed by atoms with Gasteiger partial charge in [0.05, 0.1) is 6.20 Å². The van der Waals surface area contributed by atoms with Crippen molar-refractivity contribution in [2.24, 2.45) is 11.8 Å². The van der Waals surface area contributed by atoms with Crippen molar-refractivity contribution >= 4 is 27.7 Å². The van der Waals surface area contributed by atoms with E-state index < -0.39 is 0 Å². The molecule has 1 aliphatic rings. The van der Waals surface area contributed by atoms with Crippen LogP contribution in [0.5, 0.6) is 0 Å². The van der Waals surface area contributed by atoms with E-state index in [0.29, 0.717) is 23.9 Å². The maximum atomic E-state index is 13.8. The molecular formula is C29H34N4O2. The molecule has 1 fully saturated rings. The van der Waals surface area contributed by atoms with E-state index in [-0.39, 0.29) is 18.0 Å². The third-order valence-corrected chi connectivity index (χ3v) is 7.44. The summed E-state index contributed by atoms with van der Waals surface area (Å²) in [6.07, 6.45) is 2.88. The molecule has 0 spiro atoms. The van der Waals surface area contributed by atoms with E-state index in [0.717, 1.165) is 35.8 Å². The largest absolute Gasteiger partial charge is 0.341 e. The van der Waals surface area contributed by atoms with Gasteiger partial charge in [0, 0.05) is 35.9 Å². The summed E-state index contributed by atoms with van der Waals surface area (Å²) in [6, 6.07) is 12.5. The Morgan fingerprint density at radius 2 is 1.66 bits per heavy atom. The Kier molecular flexibility index (Phi) is 5.99. The predicted molar refractivity (Wildman–Crippen MR) is 141 cm³/mol. The summed E-state index contributed by atoms with van der Waals surface area (Å²) in [5.74, 6) is 0.905. The number of carbonyl (C=O) groups is 1. The average Bonchev–Trinajstić information content (AvgIpc) is 3.11. The molecule has 2 aromatic carbocycles. The standard InChI is InChI=1S/C29H34N4O2/c1-18-11-21(4)25(22(5)12-18)16-32-26-9-7-6-8-23(26)24-13-30-33(29(35)28(24)32)17-27(34)31-14-19(2)10-20(3)15-31/h6-9,11-13,19-20H,10,14-17H2,1-5H3. The lowest BCUT2D eigenvalue weighted by Crippen LogP contribution is -2.45. The number of aromatic nitrogens is 3. The van der Waals surface area contributed by atoms with Crippen molar-refractivity contribution in [3.8, 4) is 0 Å². The van der Waals surface area contributed by atoms with Crippen LogP contribution >= 0.6 is 0 Å². The number of para-hydroxylation sites is 1. The van der Waals surface area contributed by atoms with Crippen LogP contribution in [0.25, 0.3) is 21.8 Å². The number of hydrogen-bond acceptors (Lipinski definition) is 3. The molecule has 0 saturated carbocycles. The molecule has 2 aromatic heterocycles. The Labute approximate surface area is 206 Å². The minimum atomic E-state index is -0.215. The number of rotatable bonds is 4. The summed E-state index contributed by atoms with van der Waals surface area (Å²) in [4.78, 5) is 28.8. The van der Waals surface area contributed by atoms with Gasteiger partial charge in [0.15, 0.2) is 0 Å². The van der Waals surface area contributed by atoms with Gasteiger partial charge in [0.25, 0.3) is 5.56 Å². The van der Waals surface area contributed by atoms with Crippen LogP contribution in [0.4, 0.5) is 0 Å². The first-order valence-corrected chi connectivity index (χ1v) is 12.5. The molecular weight excluding hydrogens is 436 g/mol. The van der Waals surface area contributed by atoms with Crippen LogP contribution in [0.15, 0.2) is 47.4 Å². The minimum absolute atomic E-state index is 0.0294. The van der Waals surface area contributed by atoms with E-state index >= 15 is 0 Å². The molecule has 0 bridgehead atoms. The second-order valence-corrected chi connectivity index (χ2v) is 10.6. The first kappa shape index (κ1) is 23.3. The zero-order valence-corrected chi connectivity index (χ0v) is 21.3. The zero-order valence-electron chi connectivity index (χ0n) is 21.3. The van der Waals surface area contributed by atoms with E-state index in [1.165, 1.54) is 26.9 Å². The van der Waals surface area contributed by atoms with Crippen LogP contribution in [0.3, 0.4) is 0 Å². The number of hydrogen-bond donors (Lipinski definition) is 0. The lowest BCUT2D eigenvalue weighted by Gasteiger charge is -2.35. The molecule has 1 aliphatic heterocycles. The van der Waals surface area contributed by atoms with Crippen molar-refractivity contribution in [1.82, 2.24) is 19.2 Å². The summed E-state index contributed by atoms with van der Waals surface area (Å²) in [5.41, 5.74) is 6.27. The lowest BCUT2D eigenvalue weighted by atomic mass is 9.92. The van der Waals surface area contributed by atoms with Gasteiger partial charge in [-0.1, -0.05) is 49.7 Å². The Morgan fingerprint density at radius 3 is 2.34 bits per heavy atom. The number of carbonyl (C=O) groups excluding carboxylic acids is 1. The third kappa shape index (κ3) is 4.26.